The first-order valence-electron chi connectivity index (χ1n) is 10.7. The second kappa shape index (κ2) is 9.88. The molecule has 2 heterocycles. The van der Waals surface area contributed by atoms with Gasteiger partial charge in [-0.2, -0.15) is 0 Å². The highest BCUT2D eigenvalue weighted by atomic mass is 35.5. The smallest absolute Gasteiger partial charge is 0.220 e. The normalized spacial score (nSPS) is 11.1. The molecule has 0 unspecified atom stereocenters. The number of aromatic nitrogens is 2. The van der Waals surface area contributed by atoms with Crippen molar-refractivity contribution in [1.82, 2.24) is 14.7 Å². The van der Waals surface area contributed by atoms with Crippen LogP contribution in [0.2, 0.25) is 5.02 Å². The zero-order valence-corrected chi connectivity index (χ0v) is 19.0. The molecular weight excluding hydrogens is 422 g/mol. The second-order valence-electron chi connectivity index (χ2n) is 7.93. The summed E-state index contributed by atoms with van der Waals surface area (Å²) >= 11 is 6.05. The number of fused-ring (bicyclic) bond motifs is 1. The number of nitrogens with zero attached hydrogens (tertiary/aromatic N) is 2. The van der Waals surface area contributed by atoms with Gasteiger partial charge in [0.1, 0.15) is 11.4 Å². The van der Waals surface area contributed by atoms with E-state index in [1.165, 1.54) is 0 Å². The fourth-order valence-electron chi connectivity index (χ4n) is 3.60. The van der Waals surface area contributed by atoms with Gasteiger partial charge in [0.25, 0.3) is 0 Å². The van der Waals surface area contributed by atoms with Crippen molar-refractivity contribution in [3.05, 3.63) is 89.2 Å². The van der Waals surface area contributed by atoms with Crippen molar-refractivity contribution in [2.24, 2.45) is 0 Å². The molecule has 1 amide bonds. The van der Waals surface area contributed by atoms with Crippen molar-refractivity contribution >= 4 is 23.2 Å². The molecule has 1 N–H and O–H groups in total. The Morgan fingerprint density at radius 2 is 1.81 bits per heavy atom. The minimum atomic E-state index is 0.000411. The lowest BCUT2D eigenvalue weighted by Gasteiger charge is -2.11. The molecule has 0 radical (unpaired) electrons. The molecule has 0 saturated heterocycles. The van der Waals surface area contributed by atoms with Gasteiger partial charge in [0, 0.05) is 29.7 Å². The Morgan fingerprint density at radius 1 is 1.06 bits per heavy atom. The highest BCUT2D eigenvalue weighted by Crippen LogP contribution is 2.27. The summed E-state index contributed by atoms with van der Waals surface area (Å²) in [5.74, 6) is 0.831. The summed E-state index contributed by atoms with van der Waals surface area (Å²) in [5, 5.41) is 3.69. The van der Waals surface area contributed by atoms with Crippen LogP contribution in [0.4, 0.5) is 0 Å². The van der Waals surface area contributed by atoms with E-state index in [-0.39, 0.29) is 12.0 Å². The molecule has 0 spiro atoms. The SMILES string of the molecule is CC(C)Oc1ccc(CNC(=O)CCc2c(-c3ccc(Cl)cc3)nc3ccccn23)cc1. The van der Waals surface area contributed by atoms with E-state index < -0.39 is 0 Å². The van der Waals surface area contributed by atoms with Crippen molar-refractivity contribution in [3.63, 3.8) is 0 Å². The molecule has 0 fully saturated rings. The van der Waals surface area contributed by atoms with Crippen LogP contribution in [0, 0.1) is 0 Å². The van der Waals surface area contributed by atoms with Crippen molar-refractivity contribution in [3.8, 4) is 17.0 Å². The third-order valence-electron chi connectivity index (χ3n) is 5.12. The van der Waals surface area contributed by atoms with Crippen LogP contribution in [0.15, 0.2) is 72.9 Å². The lowest BCUT2D eigenvalue weighted by atomic mass is 10.1. The molecule has 0 bridgehead atoms. The first-order valence-corrected chi connectivity index (χ1v) is 11.1. The largest absolute Gasteiger partial charge is 0.491 e. The van der Waals surface area contributed by atoms with Crippen LogP contribution in [0.5, 0.6) is 5.75 Å². The molecule has 164 valence electrons. The van der Waals surface area contributed by atoms with E-state index in [1.54, 1.807) is 0 Å². The van der Waals surface area contributed by atoms with Gasteiger partial charge in [-0.25, -0.2) is 4.98 Å². The van der Waals surface area contributed by atoms with E-state index >= 15 is 0 Å². The van der Waals surface area contributed by atoms with E-state index in [2.05, 4.69) is 5.32 Å². The number of imidazole rings is 1. The van der Waals surface area contributed by atoms with Crippen LogP contribution in [-0.2, 0) is 17.8 Å². The molecule has 4 rings (SSSR count). The van der Waals surface area contributed by atoms with Crippen LogP contribution >= 0.6 is 11.6 Å². The van der Waals surface area contributed by atoms with Gasteiger partial charge in [-0.05, 0) is 62.2 Å². The number of pyridine rings is 1. The quantitative estimate of drug-likeness (QED) is 0.377. The molecule has 32 heavy (non-hydrogen) atoms. The maximum Gasteiger partial charge on any atom is 0.220 e. The zero-order chi connectivity index (χ0) is 22.5. The third-order valence-corrected chi connectivity index (χ3v) is 5.37. The van der Waals surface area contributed by atoms with Gasteiger partial charge < -0.3 is 14.5 Å². The van der Waals surface area contributed by atoms with E-state index in [1.807, 2.05) is 91.2 Å². The number of ether oxygens (including phenoxy) is 1. The molecular formula is C26H26ClN3O2. The van der Waals surface area contributed by atoms with Gasteiger partial charge >= 0.3 is 0 Å². The predicted molar refractivity (Wildman–Crippen MR) is 128 cm³/mol. The van der Waals surface area contributed by atoms with Crippen molar-refractivity contribution < 1.29 is 9.53 Å². The summed E-state index contributed by atoms with van der Waals surface area (Å²) < 4.78 is 7.71. The third kappa shape index (κ3) is 5.29. The van der Waals surface area contributed by atoms with Gasteiger partial charge in [-0.1, -0.05) is 41.9 Å². The van der Waals surface area contributed by atoms with E-state index in [0.717, 1.165) is 33.9 Å². The molecule has 0 atom stereocenters. The summed E-state index contributed by atoms with van der Waals surface area (Å²) in [6.45, 7) is 4.48. The molecule has 0 aliphatic rings. The van der Waals surface area contributed by atoms with Gasteiger partial charge in [0.2, 0.25) is 5.91 Å². The number of hydrogen-bond donors (Lipinski definition) is 1. The van der Waals surface area contributed by atoms with E-state index in [0.29, 0.717) is 24.4 Å². The first-order chi connectivity index (χ1) is 15.5. The second-order valence-corrected chi connectivity index (χ2v) is 8.37. The van der Waals surface area contributed by atoms with Crippen LogP contribution in [0.3, 0.4) is 0 Å². The number of aryl methyl sites for hydroxylation is 1. The summed E-state index contributed by atoms with van der Waals surface area (Å²) in [6, 6.07) is 21.3. The molecule has 0 saturated carbocycles. The molecule has 2 aromatic carbocycles. The van der Waals surface area contributed by atoms with Crippen LogP contribution < -0.4 is 10.1 Å². The Hall–Kier alpha value is -3.31. The number of benzene rings is 2. The molecule has 0 aliphatic heterocycles. The van der Waals surface area contributed by atoms with Crippen LogP contribution in [-0.4, -0.2) is 21.4 Å². The van der Waals surface area contributed by atoms with Gasteiger partial charge in [0.15, 0.2) is 0 Å². The highest BCUT2D eigenvalue weighted by Gasteiger charge is 2.15. The first kappa shape index (κ1) is 21.9. The van der Waals surface area contributed by atoms with Crippen molar-refractivity contribution in [2.45, 2.75) is 39.3 Å². The Bertz CT molecular complexity index is 1200. The number of halogens is 1. The number of carbonyl (C=O) groups excluding carboxylic acids is 1. The number of rotatable bonds is 8. The number of nitrogens with one attached hydrogen (secondary N) is 1. The molecule has 0 aliphatic carbocycles. The fourth-order valence-corrected chi connectivity index (χ4v) is 3.73. The predicted octanol–water partition coefficient (Wildman–Crippen LogP) is 5.69. The summed E-state index contributed by atoms with van der Waals surface area (Å²) in [4.78, 5) is 17.4. The Morgan fingerprint density at radius 3 is 2.53 bits per heavy atom. The van der Waals surface area contributed by atoms with Crippen LogP contribution in [0.25, 0.3) is 16.9 Å². The average Bonchev–Trinajstić information content (AvgIpc) is 3.16. The molecule has 2 aromatic heterocycles. The minimum Gasteiger partial charge on any atom is -0.491 e. The fraction of sp³-hybridized carbons (Fsp3) is 0.231. The van der Waals surface area contributed by atoms with Gasteiger partial charge in [-0.15, -0.1) is 0 Å². The summed E-state index contributed by atoms with van der Waals surface area (Å²) in [5.41, 5.74) is 4.76. The highest BCUT2D eigenvalue weighted by molar-refractivity contribution is 6.30. The standard InChI is InChI=1S/C26H26ClN3O2/c1-18(2)32-22-12-6-19(7-13-22)17-28-25(31)15-14-23-26(20-8-10-21(27)11-9-20)29-24-5-3-4-16-30(23)24/h3-13,16,18H,14-15,17H2,1-2H3,(H,28,31). The van der Waals surface area contributed by atoms with Gasteiger partial charge in [-0.3, -0.25) is 4.79 Å². The topological polar surface area (TPSA) is 55.6 Å². The Balaban J connectivity index is 1.43. The average molecular weight is 448 g/mol. The molecule has 6 heteroatoms. The number of hydrogen-bond acceptors (Lipinski definition) is 3. The number of amides is 1. The maximum absolute atomic E-state index is 12.6. The van der Waals surface area contributed by atoms with Crippen molar-refractivity contribution in [2.75, 3.05) is 0 Å². The van der Waals surface area contributed by atoms with Crippen LogP contribution in [0.1, 0.15) is 31.5 Å². The van der Waals surface area contributed by atoms with Crippen molar-refractivity contribution in [1.29, 1.82) is 0 Å². The maximum atomic E-state index is 12.6. The Labute approximate surface area is 193 Å². The Kier molecular flexibility index (Phi) is 6.76. The van der Waals surface area contributed by atoms with E-state index in [9.17, 15) is 4.79 Å². The summed E-state index contributed by atoms with van der Waals surface area (Å²) in [6.07, 6.45) is 3.07. The lowest BCUT2D eigenvalue weighted by Crippen LogP contribution is -2.23. The minimum absolute atomic E-state index is 0.000411. The monoisotopic (exact) mass is 447 g/mol. The number of carbonyl (C=O) groups is 1. The van der Waals surface area contributed by atoms with Gasteiger partial charge in [0.05, 0.1) is 17.5 Å². The molecule has 4 aromatic rings. The molecule has 5 nitrogen and oxygen atoms in total. The lowest BCUT2D eigenvalue weighted by molar-refractivity contribution is -0.121. The van der Waals surface area contributed by atoms with E-state index in [4.69, 9.17) is 21.3 Å². The summed E-state index contributed by atoms with van der Waals surface area (Å²) in [7, 11) is 0. The zero-order valence-electron chi connectivity index (χ0n) is 18.2.